The van der Waals surface area contributed by atoms with Crippen molar-refractivity contribution in [3.8, 4) is 17.3 Å². The van der Waals surface area contributed by atoms with Crippen LogP contribution in [0.4, 0.5) is 5.69 Å². The van der Waals surface area contributed by atoms with Crippen molar-refractivity contribution in [1.82, 2.24) is 15.0 Å². The van der Waals surface area contributed by atoms with Crippen molar-refractivity contribution in [2.24, 2.45) is 0 Å². The number of rotatable bonds is 5. The van der Waals surface area contributed by atoms with Crippen LogP contribution in [-0.2, 0) is 0 Å². The van der Waals surface area contributed by atoms with E-state index in [4.69, 9.17) is 4.74 Å². The van der Waals surface area contributed by atoms with Gasteiger partial charge in [0.2, 0.25) is 5.88 Å². The van der Waals surface area contributed by atoms with Gasteiger partial charge in [-0.1, -0.05) is 6.92 Å². The second-order valence-corrected chi connectivity index (χ2v) is 3.77. The highest BCUT2D eigenvalue weighted by atomic mass is 16.5. The Morgan fingerprint density at radius 1 is 1.17 bits per heavy atom. The first kappa shape index (κ1) is 12.3. The molecule has 2 rings (SSSR count). The first-order valence-electron chi connectivity index (χ1n) is 5.90. The number of hydrogen-bond donors (Lipinski definition) is 1. The first-order chi connectivity index (χ1) is 8.85. The summed E-state index contributed by atoms with van der Waals surface area (Å²) >= 11 is 0. The Bertz CT molecular complexity index is 516. The number of aromatic nitrogens is 3. The standard InChI is InChI=1S/C13H16N4O/c1-3-5-14-10-4-6-15-11(9-10)12-13(18-2)17-8-7-16-12/h4,6-9H,3,5H2,1-2H3,(H,14,15). The van der Waals surface area contributed by atoms with Crippen LogP contribution >= 0.6 is 0 Å². The largest absolute Gasteiger partial charge is 0.479 e. The molecule has 0 amide bonds. The highest BCUT2D eigenvalue weighted by Crippen LogP contribution is 2.24. The lowest BCUT2D eigenvalue weighted by Crippen LogP contribution is -2.01. The topological polar surface area (TPSA) is 59.9 Å². The van der Waals surface area contributed by atoms with E-state index in [1.165, 1.54) is 0 Å². The molecule has 18 heavy (non-hydrogen) atoms. The average molecular weight is 244 g/mol. The van der Waals surface area contributed by atoms with Gasteiger partial charge in [-0.2, -0.15) is 0 Å². The van der Waals surface area contributed by atoms with E-state index in [-0.39, 0.29) is 0 Å². The van der Waals surface area contributed by atoms with Gasteiger partial charge >= 0.3 is 0 Å². The van der Waals surface area contributed by atoms with E-state index in [0.717, 1.165) is 24.3 Å². The van der Waals surface area contributed by atoms with E-state index in [9.17, 15) is 0 Å². The Morgan fingerprint density at radius 3 is 2.78 bits per heavy atom. The van der Waals surface area contributed by atoms with Gasteiger partial charge in [-0.25, -0.2) is 9.97 Å². The van der Waals surface area contributed by atoms with Crippen LogP contribution in [0.2, 0.25) is 0 Å². The third kappa shape index (κ3) is 2.74. The molecule has 94 valence electrons. The van der Waals surface area contributed by atoms with E-state index in [0.29, 0.717) is 11.6 Å². The molecule has 0 saturated heterocycles. The third-order valence-electron chi connectivity index (χ3n) is 2.44. The number of methoxy groups -OCH3 is 1. The zero-order valence-corrected chi connectivity index (χ0v) is 10.6. The number of anilines is 1. The molecule has 5 heteroatoms. The average Bonchev–Trinajstić information content (AvgIpc) is 2.45. The van der Waals surface area contributed by atoms with Crippen LogP contribution in [-0.4, -0.2) is 28.6 Å². The number of ether oxygens (including phenoxy) is 1. The molecular formula is C13H16N4O. The molecule has 0 radical (unpaired) electrons. The molecule has 2 heterocycles. The smallest absolute Gasteiger partial charge is 0.241 e. The third-order valence-corrected chi connectivity index (χ3v) is 2.44. The fraction of sp³-hybridized carbons (Fsp3) is 0.308. The summed E-state index contributed by atoms with van der Waals surface area (Å²) in [5.74, 6) is 0.484. The molecule has 0 saturated carbocycles. The van der Waals surface area contributed by atoms with Gasteiger partial charge in [0.25, 0.3) is 0 Å². The molecule has 0 aliphatic heterocycles. The Morgan fingerprint density at radius 2 is 2.00 bits per heavy atom. The summed E-state index contributed by atoms with van der Waals surface area (Å²) in [6.45, 7) is 3.06. The Hall–Kier alpha value is -2.17. The molecule has 0 atom stereocenters. The molecule has 0 fully saturated rings. The zero-order chi connectivity index (χ0) is 12.8. The summed E-state index contributed by atoms with van der Waals surface area (Å²) in [7, 11) is 1.58. The lowest BCUT2D eigenvalue weighted by molar-refractivity contribution is 0.397. The van der Waals surface area contributed by atoms with Gasteiger partial charge in [-0.05, 0) is 18.6 Å². The fourth-order valence-electron chi connectivity index (χ4n) is 1.59. The minimum Gasteiger partial charge on any atom is -0.479 e. The van der Waals surface area contributed by atoms with Crippen molar-refractivity contribution in [1.29, 1.82) is 0 Å². The minimum atomic E-state index is 0.484. The maximum Gasteiger partial charge on any atom is 0.241 e. The summed E-state index contributed by atoms with van der Waals surface area (Å²) < 4.78 is 5.19. The van der Waals surface area contributed by atoms with Gasteiger partial charge in [0.15, 0.2) is 5.69 Å². The van der Waals surface area contributed by atoms with Crippen LogP contribution in [0, 0.1) is 0 Å². The van der Waals surface area contributed by atoms with Crippen molar-refractivity contribution in [3.63, 3.8) is 0 Å². The molecule has 5 nitrogen and oxygen atoms in total. The molecule has 0 unspecified atom stereocenters. The highest BCUT2D eigenvalue weighted by Gasteiger charge is 2.09. The molecule has 2 aromatic rings. The fourth-order valence-corrected chi connectivity index (χ4v) is 1.59. The Kier molecular flexibility index (Phi) is 4.06. The van der Waals surface area contributed by atoms with E-state index in [1.807, 2.05) is 12.1 Å². The Labute approximate surface area is 106 Å². The summed E-state index contributed by atoms with van der Waals surface area (Å²) in [5.41, 5.74) is 2.43. The van der Waals surface area contributed by atoms with Crippen LogP contribution in [0.3, 0.4) is 0 Å². The quantitative estimate of drug-likeness (QED) is 0.875. The van der Waals surface area contributed by atoms with Crippen molar-refractivity contribution in [3.05, 3.63) is 30.7 Å². The van der Waals surface area contributed by atoms with Crippen molar-refractivity contribution in [2.75, 3.05) is 19.0 Å². The zero-order valence-electron chi connectivity index (χ0n) is 10.6. The highest BCUT2D eigenvalue weighted by molar-refractivity contribution is 5.64. The van der Waals surface area contributed by atoms with Gasteiger partial charge < -0.3 is 10.1 Å². The molecule has 0 spiro atoms. The predicted octanol–water partition coefficient (Wildman–Crippen LogP) is 2.37. The van der Waals surface area contributed by atoms with Crippen LogP contribution < -0.4 is 10.1 Å². The van der Waals surface area contributed by atoms with Gasteiger partial charge in [-0.3, -0.25) is 4.98 Å². The van der Waals surface area contributed by atoms with Crippen LogP contribution in [0.1, 0.15) is 13.3 Å². The van der Waals surface area contributed by atoms with Crippen LogP contribution in [0.15, 0.2) is 30.7 Å². The predicted molar refractivity (Wildman–Crippen MR) is 70.6 cm³/mol. The SMILES string of the molecule is CCCNc1ccnc(-c2nccnc2OC)c1. The van der Waals surface area contributed by atoms with Gasteiger partial charge in [0, 0.05) is 30.8 Å². The molecule has 0 aliphatic rings. The van der Waals surface area contributed by atoms with Crippen molar-refractivity contribution >= 4 is 5.69 Å². The number of pyridine rings is 1. The second kappa shape index (κ2) is 5.95. The van der Waals surface area contributed by atoms with Crippen molar-refractivity contribution in [2.45, 2.75) is 13.3 Å². The molecular weight excluding hydrogens is 228 g/mol. The van der Waals surface area contributed by atoms with E-state index in [2.05, 4.69) is 27.2 Å². The first-order valence-corrected chi connectivity index (χ1v) is 5.90. The lowest BCUT2D eigenvalue weighted by Gasteiger charge is -2.08. The maximum atomic E-state index is 5.19. The molecule has 1 N–H and O–H groups in total. The summed E-state index contributed by atoms with van der Waals surface area (Å²) in [6, 6.07) is 3.88. The monoisotopic (exact) mass is 244 g/mol. The summed E-state index contributed by atoms with van der Waals surface area (Å²) in [5, 5.41) is 3.31. The van der Waals surface area contributed by atoms with Crippen LogP contribution in [0.5, 0.6) is 5.88 Å². The number of nitrogens with zero attached hydrogens (tertiary/aromatic N) is 3. The van der Waals surface area contributed by atoms with Crippen molar-refractivity contribution < 1.29 is 4.74 Å². The van der Waals surface area contributed by atoms with Crippen LogP contribution in [0.25, 0.3) is 11.4 Å². The van der Waals surface area contributed by atoms with E-state index < -0.39 is 0 Å². The summed E-state index contributed by atoms with van der Waals surface area (Å²) in [4.78, 5) is 12.7. The maximum absolute atomic E-state index is 5.19. The van der Waals surface area contributed by atoms with E-state index >= 15 is 0 Å². The lowest BCUT2D eigenvalue weighted by atomic mass is 10.2. The normalized spacial score (nSPS) is 10.1. The van der Waals surface area contributed by atoms with Gasteiger partial charge in [0.1, 0.15) is 0 Å². The molecule has 0 bridgehead atoms. The molecule has 2 aromatic heterocycles. The Balaban J connectivity index is 2.32. The van der Waals surface area contributed by atoms with E-state index in [1.54, 1.807) is 25.7 Å². The van der Waals surface area contributed by atoms with Gasteiger partial charge in [-0.15, -0.1) is 0 Å². The second-order valence-electron chi connectivity index (χ2n) is 3.77. The molecule has 0 aromatic carbocycles. The van der Waals surface area contributed by atoms with Gasteiger partial charge in [0.05, 0.1) is 12.8 Å². The summed E-state index contributed by atoms with van der Waals surface area (Å²) in [6.07, 6.45) is 6.06. The number of hydrogen-bond acceptors (Lipinski definition) is 5. The minimum absolute atomic E-state index is 0.484. The number of nitrogens with one attached hydrogen (secondary N) is 1. The molecule has 0 aliphatic carbocycles.